The van der Waals surface area contributed by atoms with Crippen LogP contribution in [0.5, 0.6) is 0 Å². The molecule has 0 aliphatic carbocycles. The second-order valence-electron chi connectivity index (χ2n) is 5.81. The third-order valence-electron chi connectivity index (χ3n) is 4.06. The fourth-order valence-corrected chi connectivity index (χ4v) is 2.67. The number of hydrogen-bond acceptors (Lipinski definition) is 5. The number of hydrogen-bond donors (Lipinski definition) is 1. The van der Waals surface area contributed by atoms with Gasteiger partial charge in [0.1, 0.15) is 18.2 Å². The van der Waals surface area contributed by atoms with E-state index in [-0.39, 0.29) is 5.91 Å². The van der Waals surface area contributed by atoms with Crippen molar-refractivity contribution in [1.29, 1.82) is 0 Å². The molecule has 0 aliphatic rings. The molecule has 8 nitrogen and oxygen atoms in total. The summed E-state index contributed by atoms with van der Waals surface area (Å²) in [6.45, 7) is 3.37. The topological polar surface area (TPSA) is 90.5 Å². The molecule has 25 heavy (non-hydrogen) atoms. The molecule has 2 heterocycles. The van der Waals surface area contributed by atoms with E-state index in [4.69, 9.17) is 0 Å². The fourth-order valence-electron chi connectivity index (χ4n) is 2.67. The minimum Gasteiger partial charge on any atom is -0.354 e. The molecule has 2 aromatic heterocycles. The van der Waals surface area contributed by atoms with Crippen LogP contribution >= 0.6 is 0 Å². The van der Waals surface area contributed by atoms with Gasteiger partial charge in [0.25, 0.3) is 0 Å². The van der Waals surface area contributed by atoms with E-state index in [0.29, 0.717) is 13.0 Å². The number of benzene rings is 1. The van der Waals surface area contributed by atoms with Crippen LogP contribution in [0.3, 0.4) is 0 Å². The number of tetrazole rings is 1. The Kier molecular flexibility index (Phi) is 5.50. The van der Waals surface area contributed by atoms with Crippen molar-refractivity contribution in [2.45, 2.75) is 32.4 Å². The number of carbonyl (C=O) groups excluding carboxylic acids is 1. The Morgan fingerprint density at radius 1 is 1.28 bits per heavy atom. The summed E-state index contributed by atoms with van der Waals surface area (Å²) in [6.07, 6.45) is 6.56. The molecule has 0 fully saturated rings. The maximum atomic E-state index is 12.6. The highest BCUT2D eigenvalue weighted by atomic mass is 16.2. The number of amides is 1. The van der Waals surface area contributed by atoms with Crippen LogP contribution in [0.25, 0.3) is 0 Å². The lowest BCUT2D eigenvalue weighted by atomic mass is 10.1. The van der Waals surface area contributed by atoms with Crippen LogP contribution in [0, 0.1) is 6.92 Å². The summed E-state index contributed by atoms with van der Waals surface area (Å²) in [4.78, 5) is 16.8. The van der Waals surface area contributed by atoms with E-state index in [0.717, 1.165) is 24.4 Å². The minimum atomic E-state index is -0.465. The fraction of sp³-hybridized carbons (Fsp3) is 0.353. The first-order valence-corrected chi connectivity index (χ1v) is 8.26. The maximum absolute atomic E-state index is 12.6. The smallest absolute Gasteiger partial charge is 0.245 e. The standard InChI is InChI=1S/C17H21N7O/c1-14-18-9-11-23(14)10-5-8-19-17(25)16(24-13-20-21-22-24)12-15-6-3-2-4-7-15/h2-4,6-7,9,11,13,16H,5,8,10,12H2,1H3,(H,19,25)/t16-/m1/s1. The molecule has 3 rings (SSSR count). The van der Waals surface area contributed by atoms with Crippen molar-refractivity contribution in [3.05, 3.63) is 60.4 Å². The highest BCUT2D eigenvalue weighted by molar-refractivity contribution is 5.80. The van der Waals surface area contributed by atoms with E-state index in [2.05, 4.69) is 30.4 Å². The highest BCUT2D eigenvalue weighted by Crippen LogP contribution is 2.13. The first-order chi connectivity index (χ1) is 12.2. The molecule has 0 bridgehead atoms. The van der Waals surface area contributed by atoms with Crippen molar-refractivity contribution >= 4 is 5.91 Å². The van der Waals surface area contributed by atoms with Gasteiger partial charge in [-0.05, 0) is 29.3 Å². The van der Waals surface area contributed by atoms with Crippen LogP contribution in [-0.2, 0) is 17.8 Å². The molecule has 3 aromatic rings. The summed E-state index contributed by atoms with van der Waals surface area (Å²) in [5, 5.41) is 14.2. The zero-order chi connectivity index (χ0) is 17.5. The van der Waals surface area contributed by atoms with Crippen LogP contribution in [-0.4, -0.2) is 42.2 Å². The molecule has 130 valence electrons. The number of aryl methyl sites for hydroxylation is 2. The summed E-state index contributed by atoms with van der Waals surface area (Å²) in [7, 11) is 0. The molecule has 1 N–H and O–H groups in total. The Hall–Kier alpha value is -3.03. The molecular formula is C17H21N7O. The van der Waals surface area contributed by atoms with Crippen LogP contribution < -0.4 is 5.32 Å². The molecule has 1 atom stereocenters. The Balaban J connectivity index is 1.57. The van der Waals surface area contributed by atoms with Gasteiger partial charge in [-0.15, -0.1) is 5.10 Å². The van der Waals surface area contributed by atoms with E-state index >= 15 is 0 Å². The summed E-state index contributed by atoms with van der Waals surface area (Å²) >= 11 is 0. The van der Waals surface area contributed by atoms with Crippen molar-refractivity contribution in [2.75, 3.05) is 6.54 Å². The lowest BCUT2D eigenvalue weighted by molar-refractivity contribution is -0.124. The maximum Gasteiger partial charge on any atom is 0.245 e. The predicted molar refractivity (Wildman–Crippen MR) is 91.6 cm³/mol. The van der Waals surface area contributed by atoms with Gasteiger partial charge >= 0.3 is 0 Å². The molecule has 0 spiro atoms. The normalized spacial score (nSPS) is 12.0. The van der Waals surface area contributed by atoms with E-state index < -0.39 is 6.04 Å². The van der Waals surface area contributed by atoms with Crippen molar-refractivity contribution in [1.82, 2.24) is 35.1 Å². The molecule has 0 unspecified atom stereocenters. The van der Waals surface area contributed by atoms with Gasteiger partial charge in [0.05, 0.1) is 0 Å². The summed E-state index contributed by atoms with van der Waals surface area (Å²) in [5.41, 5.74) is 1.06. The molecule has 0 radical (unpaired) electrons. The van der Waals surface area contributed by atoms with Crippen molar-refractivity contribution < 1.29 is 4.79 Å². The number of aromatic nitrogens is 6. The Bertz CT molecular complexity index is 782. The van der Waals surface area contributed by atoms with Crippen molar-refractivity contribution in [3.8, 4) is 0 Å². The number of nitrogens with one attached hydrogen (secondary N) is 1. The van der Waals surface area contributed by atoms with Crippen molar-refractivity contribution in [3.63, 3.8) is 0 Å². The third-order valence-corrected chi connectivity index (χ3v) is 4.06. The summed E-state index contributed by atoms with van der Waals surface area (Å²) < 4.78 is 3.57. The van der Waals surface area contributed by atoms with Crippen LogP contribution in [0.4, 0.5) is 0 Å². The molecule has 1 aromatic carbocycles. The first kappa shape index (κ1) is 16.8. The average molecular weight is 339 g/mol. The number of carbonyl (C=O) groups is 1. The summed E-state index contributed by atoms with van der Waals surface area (Å²) in [6, 6.07) is 9.38. The average Bonchev–Trinajstić information content (AvgIpc) is 3.29. The van der Waals surface area contributed by atoms with Gasteiger partial charge in [0.2, 0.25) is 5.91 Å². The molecule has 0 aliphatic heterocycles. The monoisotopic (exact) mass is 339 g/mol. The molecule has 8 heteroatoms. The van der Waals surface area contributed by atoms with Gasteiger partial charge in [-0.3, -0.25) is 4.79 Å². The minimum absolute atomic E-state index is 0.0847. The predicted octanol–water partition coefficient (Wildman–Crippen LogP) is 1.17. The Labute approximate surface area is 145 Å². The Morgan fingerprint density at radius 2 is 2.12 bits per heavy atom. The zero-order valence-corrected chi connectivity index (χ0v) is 14.1. The molecular weight excluding hydrogens is 318 g/mol. The van der Waals surface area contributed by atoms with Gasteiger partial charge in [0, 0.05) is 31.9 Å². The summed E-state index contributed by atoms with van der Waals surface area (Å²) in [5.74, 6) is 0.889. The van der Waals surface area contributed by atoms with Crippen LogP contribution in [0.1, 0.15) is 23.9 Å². The number of imidazole rings is 1. The zero-order valence-electron chi connectivity index (χ0n) is 14.1. The second-order valence-corrected chi connectivity index (χ2v) is 5.81. The molecule has 0 saturated heterocycles. The van der Waals surface area contributed by atoms with E-state index in [1.807, 2.05) is 43.5 Å². The molecule has 0 saturated carbocycles. The first-order valence-electron chi connectivity index (χ1n) is 8.26. The van der Waals surface area contributed by atoms with Gasteiger partial charge in [0.15, 0.2) is 0 Å². The van der Waals surface area contributed by atoms with E-state index in [1.165, 1.54) is 11.0 Å². The molecule has 1 amide bonds. The Morgan fingerprint density at radius 3 is 2.80 bits per heavy atom. The number of nitrogens with zero attached hydrogens (tertiary/aromatic N) is 6. The largest absolute Gasteiger partial charge is 0.354 e. The van der Waals surface area contributed by atoms with Gasteiger partial charge in [-0.1, -0.05) is 30.3 Å². The third kappa shape index (κ3) is 4.50. The lowest BCUT2D eigenvalue weighted by Gasteiger charge is -2.16. The highest BCUT2D eigenvalue weighted by Gasteiger charge is 2.21. The number of rotatable bonds is 8. The van der Waals surface area contributed by atoms with Gasteiger partial charge in [-0.25, -0.2) is 9.67 Å². The quantitative estimate of drug-likeness (QED) is 0.622. The van der Waals surface area contributed by atoms with Gasteiger partial charge < -0.3 is 9.88 Å². The van der Waals surface area contributed by atoms with Crippen molar-refractivity contribution in [2.24, 2.45) is 0 Å². The van der Waals surface area contributed by atoms with Crippen LogP contribution in [0.2, 0.25) is 0 Å². The SMILES string of the molecule is Cc1nccn1CCCNC(=O)[C@@H](Cc1ccccc1)n1cnnn1. The van der Waals surface area contributed by atoms with E-state index in [1.54, 1.807) is 6.20 Å². The second kappa shape index (κ2) is 8.18. The van der Waals surface area contributed by atoms with Crippen LogP contribution in [0.15, 0.2) is 49.1 Å². The van der Waals surface area contributed by atoms with E-state index in [9.17, 15) is 4.79 Å². The lowest BCUT2D eigenvalue weighted by Crippen LogP contribution is -2.35. The van der Waals surface area contributed by atoms with Gasteiger partial charge in [-0.2, -0.15) is 0 Å².